The lowest BCUT2D eigenvalue weighted by atomic mass is 10.1. The second kappa shape index (κ2) is 6.44. The van der Waals surface area contributed by atoms with Crippen LogP contribution in [0.15, 0.2) is 47.6 Å². The average Bonchev–Trinajstić information content (AvgIpc) is 2.48. The maximum atomic E-state index is 12.7. The van der Waals surface area contributed by atoms with Gasteiger partial charge in [0.15, 0.2) is 0 Å². The minimum atomic E-state index is -0.645. The molecule has 0 heterocycles. The van der Waals surface area contributed by atoms with Gasteiger partial charge in [-0.1, -0.05) is 12.1 Å². The second-order valence-electron chi connectivity index (χ2n) is 4.32. The van der Waals surface area contributed by atoms with Gasteiger partial charge in [0.05, 0.1) is 16.7 Å². The minimum Gasteiger partial charge on any atom is -0.399 e. The minimum absolute atomic E-state index is 0.0166. The van der Waals surface area contributed by atoms with E-state index >= 15 is 0 Å². The summed E-state index contributed by atoms with van der Waals surface area (Å²) in [6.07, 6.45) is 1.32. The number of hydrogen-bond acceptors (Lipinski definition) is 5. The van der Waals surface area contributed by atoms with Crippen molar-refractivity contribution in [2.45, 2.75) is 0 Å². The van der Waals surface area contributed by atoms with Crippen LogP contribution in [0.2, 0.25) is 0 Å². The van der Waals surface area contributed by atoms with Crippen LogP contribution >= 0.6 is 0 Å². The second-order valence-corrected chi connectivity index (χ2v) is 4.32. The SMILES string of the molecule is Nc1cc(C(=O)N/N=C/c2ccc(F)cc2)cc([N+](=O)[O-])c1. The first-order valence-corrected chi connectivity index (χ1v) is 6.09. The van der Waals surface area contributed by atoms with Gasteiger partial charge >= 0.3 is 0 Å². The van der Waals surface area contributed by atoms with Crippen LogP contribution in [0, 0.1) is 15.9 Å². The third-order valence-electron chi connectivity index (χ3n) is 2.66. The van der Waals surface area contributed by atoms with Gasteiger partial charge in [0.2, 0.25) is 0 Å². The zero-order valence-electron chi connectivity index (χ0n) is 11.2. The summed E-state index contributed by atoms with van der Waals surface area (Å²) in [6.45, 7) is 0. The van der Waals surface area contributed by atoms with Gasteiger partial charge in [-0.25, -0.2) is 9.82 Å². The van der Waals surface area contributed by atoms with Crippen LogP contribution in [0.3, 0.4) is 0 Å². The molecule has 0 aliphatic heterocycles. The Kier molecular flexibility index (Phi) is 4.42. The van der Waals surface area contributed by atoms with E-state index in [0.717, 1.165) is 12.1 Å². The largest absolute Gasteiger partial charge is 0.399 e. The average molecular weight is 302 g/mol. The van der Waals surface area contributed by atoms with Gasteiger partial charge in [0.25, 0.3) is 11.6 Å². The number of nitro benzene ring substituents is 1. The molecule has 7 nitrogen and oxygen atoms in total. The summed E-state index contributed by atoms with van der Waals surface area (Å²) >= 11 is 0. The van der Waals surface area contributed by atoms with Gasteiger partial charge in [-0.05, 0) is 23.8 Å². The predicted octanol–water partition coefficient (Wildman–Crippen LogP) is 2.08. The third kappa shape index (κ3) is 3.85. The first-order chi connectivity index (χ1) is 10.5. The van der Waals surface area contributed by atoms with Crippen molar-refractivity contribution in [1.82, 2.24) is 5.43 Å². The van der Waals surface area contributed by atoms with Crippen LogP contribution in [-0.2, 0) is 0 Å². The smallest absolute Gasteiger partial charge is 0.272 e. The van der Waals surface area contributed by atoms with Crippen LogP contribution in [0.1, 0.15) is 15.9 Å². The number of carbonyl (C=O) groups excluding carboxylic acids is 1. The number of halogens is 1. The number of amides is 1. The van der Waals surface area contributed by atoms with E-state index in [-0.39, 0.29) is 22.8 Å². The topological polar surface area (TPSA) is 111 Å². The first-order valence-electron chi connectivity index (χ1n) is 6.09. The number of non-ortho nitro benzene ring substituents is 1. The lowest BCUT2D eigenvalue weighted by Gasteiger charge is -2.02. The molecule has 2 aromatic carbocycles. The fourth-order valence-electron chi connectivity index (χ4n) is 1.65. The van der Waals surface area contributed by atoms with E-state index < -0.39 is 10.8 Å². The van der Waals surface area contributed by atoms with Gasteiger partial charge in [-0.3, -0.25) is 14.9 Å². The highest BCUT2D eigenvalue weighted by atomic mass is 19.1. The van der Waals surface area contributed by atoms with Crippen molar-refractivity contribution < 1.29 is 14.1 Å². The fourth-order valence-corrected chi connectivity index (χ4v) is 1.65. The van der Waals surface area contributed by atoms with Crippen molar-refractivity contribution in [3.05, 3.63) is 69.5 Å². The highest BCUT2D eigenvalue weighted by Gasteiger charge is 2.13. The molecule has 2 aromatic rings. The number of nitrogens with two attached hydrogens (primary N) is 1. The zero-order valence-corrected chi connectivity index (χ0v) is 11.2. The van der Waals surface area contributed by atoms with E-state index in [1.807, 2.05) is 0 Å². The van der Waals surface area contributed by atoms with Gasteiger partial charge in [-0.2, -0.15) is 5.10 Å². The van der Waals surface area contributed by atoms with Crippen molar-refractivity contribution >= 4 is 23.5 Å². The van der Waals surface area contributed by atoms with Crippen LogP contribution in [-0.4, -0.2) is 17.0 Å². The van der Waals surface area contributed by atoms with Crippen LogP contribution in [0.5, 0.6) is 0 Å². The number of nitrogens with one attached hydrogen (secondary N) is 1. The predicted molar refractivity (Wildman–Crippen MR) is 79.0 cm³/mol. The van der Waals surface area contributed by atoms with Crippen LogP contribution < -0.4 is 11.2 Å². The Morgan fingerprint density at radius 3 is 2.59 bits per heavy atom. The Hall–Kier alpha value is -3.29. The lowest BCUT2D eigenvalue weighted by Crippen LogP contribution is -2.18. The maximum Gasteiger partial charge on any atom is 0.272 e. The molecule has 0 aliphatic rings. The molecular formula is C14H11FN4O3. The van der Waals surface area contributed by atoms with Crippen LogP contribution in [0.4, 0.5) is 15.8 Å². The maximum absolute atomic E-state index is 12.7. The number of nitrogen functional groups attached to an aromatic ring is 1. The van der Waals surface area contributed by atoms with Gasteiger partial charge in [0.1, 0.15) is 5.82 Å². The van der Waals surface area contributed by atoms with Crippen molar-refractivity contribution in [3.63, 3.8) is 0 Å². The normalized spacial score (nSPS) is 10.6. The summed E-state index contributed by atoms with van der Waals surface area (Å²) in [5, 5.41) is 14.4. The molecule has 0 aliphatic carbocycles. The lowest BCUT2D eigenvalue weighted by molar-refractivity contribution is -0.384. The van der Waals surface area contributed by atoms with E-state index in [0.29, 0.717) is 5.56 Å². The Balaban J connectivity index is 2.09. The van der Waals surface area contributed by atoms with Gasteiger partial charge in [0, 0.05) is 17.8 Å². The number of hydrazone groups is 1. The fraction of sp³-hybridized carbons (Fsp3) is 0. The molecule has 0 unspecified atom stereocenters. The van der Waals surface area contributed by atoms with Gasteiger partial charge in [-0.15, -0.1) is 0 Å². The first kappa shape index (κ1) is 15.1. The molecule has 0 radical (unpaired) electrons. The van der Waals surface area contributed by atoms with E-state index in [1.165, 1.54) is 36.5 Å². The van der Waals surface area contributed by atoms with E-state index in [4.69, 9.17) is 5.73 Å². The molecule has 0 bridgehead atoms. The number of hydrogen-bond donors (Lipinski definition) is 2. The molecule has 0 saturated carbocycles. The molecular weight excluding hydrogens is 291 g/mol. The molecule has 8 heteroatoms. The van der Waals surface area contributed by atoms with E-state index in [1.54, 1.807) is 0 Å². The highest BCUT2D eigenvalue weighted by Crippen LogP contribution is 2.18. The standard InChI is InChI=1S/C14H11FN4O3/c15-11-3-1-9(2-4-11)8-17-18-14(20)10-5-12(16)7-13(6-10)19(21)22/h1-8H,16H2,(H,18,20)/b17-8+. The van der Waals surface area contributed by atoms with Crippen molar-refractivity contribution in [1.29, 1.82) is 0 Å². The number of anilines is 1. The summed E-state index contributed by atoms with van der Waals surface area (Å²) < 4.78 is 12.7. The van der Waals surface area contributed by atoms with Crippen LogP contribution in [0.25, 0.3) is 0 Å². The molecule has 3 N–H and O–H groups in total. The van der Waals surface area contributed by atoms with Crippen molar-refractivity contribution in [3.8, 4) is 0 Å². The van der Waals surface area contributed by atoms with Crippen molar-refractivity contribution in [2.24, 2.45) is 5.10 Å². The van der Waals surface area contributed by atoms with Crippen molar-refractivity contribution in [2.75, 3.05) is 5.73 Å². The monoisotopic (exact) mass is 302 g/mol. The molecule has 0 saturated heterocycles. The molecule has 22 heavy (non-hydrogen) atoms. The Labute approximate surface area is 124 Å². The number of benzene rings is 2. The Morgan fingerprint density at radius 1 is 1.27 bits per heavy atom. The molecule has 112 valence electrons. The molecule has 0 spiro atoms. The van der Waals surface area contributed by atoms with Gasteiger partial charge < -0.3 is 5.73 Å². The zero-order chi connectivity index (χ0) is 16.1. The number of nitrogens with zero attached hydrogens (tertiary/aromatic N) is 2. The molecule has 0 fully saturated rings. The van der Waals surface area contributed by atoms with E-state index in [2.05, 4.69) is 10.5 Å². The number of nitro groups is 1. The third-order valence-corrected chi connectivity index (χ3v) is 2.66. The molecule has 0 atom stereocenters. The Morgan fingerprint density at radius 2 is 1.95 bits per heavy atom. The number of carbonyl (C=O) groups is 1. The van der Waals surface area contributed by atoms with E-state index in [9.17, 15) is 19.3 Å². The summed E-state index contributed by atoms with van der Waals surface area (Å²) in [7, 11) is 0. The quantitative estimate of drug-likeness (QED) is 0.390. The summed E-state index contributed by atoms with van der Waals surface area (Å²) in [5.41, 5.74) is 8.14. The molecule has 1 amide bonds. The Bertz CT molecular complexity index is 744. The summed E-state index contributed by atoms with van der Waals surface area (Å²) in [6, 6.07) is 9.02. The summed E-state index contributed by atoms with van der Waals surface area (Å²) in [5.74, 6) is -1.03. The number of rotatable bonds is 4. The highest BCUT2D eigenvalue weighted by molar-refractivity contribution is 5.96. The molecule has 0 aromatic heterocycles. The molecule has 2 rings (SSSR count). The summed E-state index contributed by atoms with van der Waals surface area (Å²) in [4.78, 5) is 21.9.